The molecule has 1 aliphatic heterocycles. The Balaban J connectivity index is 1.89. The van der Waals surface area contributed by atoms with Crippen LogP contribution in [0, 0.1) is 12.8 Å². The molecule has 0 amide bonds. The van der Waals surface area contributed by atoms with Crippen molar-refractivity contribution in [2.75, 3.05) is 26.2 Å². The van der Waals surface area contributed by atoms with Crippen molar-refractivity contribution >= 4 is 0 Å². The number of aryl methyl sites for hydroxylation is 1. The van der Waals surface area contributed by atoms with E-state index in [2.05, 4.69) is 41.2 Å². The number of piperidine rings is 1. The molecule has 0 saturated carbocycles. The van der Waals surface area contributed by atoms with Crippen LogP contribution in [0.1, 0.15) is 37.4 Å². The molecule has 1 unspecified atom stereocenters. The molecule has 1 N–H and O–H groups in total. The van der Waals surface area contributed by atoms with Crippen molar-refractivity contribution in [3.05, 3.63) is 29.6 Å². The fourth-order valence-electron chi connectivity index (χ4n) is 2.82. The molecule has 1 fully saturated rings. The van der Waals surface area contributed by atoms with Gasteiger partial charge in [0.15, 0.2) is 0 Å². The first kappa shape index (κ1) is 14.5. The van der Waals surface area contributed by atoms with Crippen molar-refractivity contribution in [1.82, 2.24) is 15.2 Å². The molecule has 1 aliphatic rings. The van der Waals surface area contributed by atoms with Crippen LogP contribution in [0.25, 0.3) is 0 Å². The van der Waals surface area contributed by atoms with Crippen molar-refractivity contribution < 1.29 is 0 Å². The molecule has 0 aromatic carbocycles. The van der Waals surface area contributed by atoms with Gasteiger partial charge in [0.05, 0.1) is 5.69 Å². The fourth-order valence-corrected chi connectivity index (χ4v) is 2.82. The predicted molar refractivity (Wildman–Crippen MR) is 80.1 cm³/mol. The van der Waals surface area contributed by atoms with Gasteiger partial charge in [-0.3, -0.25) is 9.88 Å². The lowest BCUT2D eigenvalue weighted by Crippen LogP contribution is -2.38. The molecule has 1 atom stereocenters. The summed E-state index contributed by atoms with van der Waals surface area (Å²) in [6, 6.07) is 4.33. The first-order valence-corrected chi connectivity index (χ1v) is 7.62. The summed E-state index contributed by atoms with van der Waals surface area (Å²) in [5, 5.41) is 3.51. The van der Waals surface area contributed by atoms with Gasteiger partial charge in [0, 0.05) is 19.3 Å². The van der Waals surface area contributed by atoms with Crippen LogP contribution in [0.4, 0.5) is 0 Å². The van der Waals surface area contributed by atoms with Gasteiger partial charge in [-0.15, -0.1) is 0 Å². The van der Waals surface area contributed by atoms with E-state index in [9.17, 15) is 0 Å². The van der Waals surface area contributed by atoms with Crippen LogP contribution in [0.5, 0.6) is 0 Å². The van der Waals surface area contributed by atoms with Crippen LogP contribution < -0.4 is 5.32 Å². The smallest absolute Gasteiger partial charge is 0.0544 e. The van der Waals surface area contributed by atoms with E-state index in [1.165, 1.54) is 56.7 Å². The van der Waals surface area contributed by atoms with Gasteiger partial charge in [-0.05, 0) is 63.4 Å². The Labute approximate surface area is 117 Å². The molecule has 0 spiro atoms. The molecule has 0 aliphatic carbocycles. The SMILES string of the molecule is CCCN(Cc1ccc(C)cn1)CC1CCCNC1. The van der Waals surface area contributed by atoms with Crippen LogP contribution in [0.2, 0.25) is 0 Å². The average molecular weight is 261 g/mol. The maximum Gasteiger partial charge on any atom is 0.0544 e. The molecule has 1 saturated heterocycles. The zero-order valence-electron chi connectivity index (χ0n) is 12.4. The monoisotopic (exact) mass is 261 g/mol. The highest BCUT2D eigenvalue weighted by molar-refractivity contribution is 5.12. The Kier molecular flexibility index (Phi) is 5.80. The molecule has 3 nitrogen and oxygen atoms in total. The number of nitrogens with one attached hydrogen (secondary N) is 1. The zero-order chi connectivity index (χ0) is 13.5. The largest absolute Gasteiger partial charge is 0.316 e. The second-order valence-corrected chi connectivity index (χ2v) is 5.77. The van der Waals surface area contributed by atoms with Crippen molar-refractivity contribution in [3.63, 3.8) is 0 Å². The molecule has 1 aromatic heterocycles. The molecule has 2 rings (SSSR count). The third-order valence-electron chi connectivity index (χ3n) is 3.81. The van der Waals surface area contributed by atoms with E-state index in [0.29, 0.717) is 0 Å². The normalized spacial score (nSPS) is 19.8. The van der Waals surface area contributed by atoms with Crippen molar-refractivity contribution in [1.29, 1.82) is 0 Å². The van der Waals surface area contributed by atoms with Gasteiger partial charge in [-0.1, -0.05) is 13.0 Å². The van der Waals surface area contributed by atoms with E-state index < -0.39 is 0 Å². The van der Waals surface area contributed by atoms with E-state index in [0.717, 1.165) is 12.5 Å². The molecule has 106 valence electrons. The van der Waals surface area contributed by atoms with Crippen molar-refractivity contribution in [2.45, 2.75) is 39.7 Å². The summed E-state index contributed by atoms with van der Waals surface area (Å²) in [5.74, 6) is 0.811. The number of hydrogen-bond acceptors (Lipinski definition) is 3. The average Bonchev–Trinajstić information content (AvgIpc) is 2.43. The first-order chi connectivity index (χ1) is 9.28. The summed E-state index contributed by atoms with van der Waals surface area (Å²) in [5.41, 5.74) is 2.44. The molecular weight excluding hydrogens is 234 g/mol. The maximum absolute atomic E-state index is 4.54. The van der Waals surface area contributed by atoms with Crippen LogP contribution in [-0.2, 0) is 6.54 Å². The van der Waals surface area contributed by atoms with Gasteiger partial charge in [0.1, 0.15) is 0 Å². The zero-order valence-corrected chi connectivity index (χ0v) is 12.4. The predicted octanol–water partition coefficient (Wildman–Crippen LogP) is 2.60. The number of nitrogens with zero attached hydrogens (tertiary/aromatic N) is 2. The minimum absolute atomic E-state index is 0.811. The Hall–Kier alpha value is -0.930. The van der Waals surface area contributed by atoms with E-state index >= 15 is 0 Å². The lowest BCUT2D eigenvalue weighted by atomic mass is 9.99. The summed E-state index contributed by atoms with van der Waals surface area (Å²) < 4.78 is 0. The van der Waals surface area contributed by atoms with E-state index in [4.69, 9.17) is 0 Å². The van der Waals surface area contributed by atoms with Gasteiger partial charge >= 0.3 is 0 Å². The third kappa shape index (κ3) is 4.92. The number of aromatic nitrogens is 1. The second-order valence-electron chi connectivity index (χ2n) is 5.77. The molecule has 3 heteroatoms. The van der Waals surface area contributed by atoms with Crippen LogP contribution in [-0.4, -0.2) is 36.1 Å². The van der Waals surface area contributed by atoms with E-state index in [1.807, 2.05) is 6.20 Å². The Morgan fingerprint density at radius 3 is 2.95 bits per heavy atom. The maximum atomic E-state index is 4.54. The molecule has 0 bridgehead atoms. The molecule has 2 heterocycles. The number of pyridine rings is 1. The van der Waals surface area contributed by atoms with Gasteiger partial charge in [0.2, 0.25) is 0 Å². The second kappa shape index (κ2) is 7.61. The number of rotatable bonds is 6. The summed E-state index contributed by atoms with van der Waals surface area (Å²) in [6.07, 6.45) is 5.88. The van der Waals surface area contributed by atoms with E-state index in [-0.39, 0.29) is 0 Å². The van der Waals surface area contributed by atoms with Gasteiger partial charge in [-0.2, -0.15) is 0 Å². The Morgan fingerprint density at radius 1 is 1.42 bits per heavy atom. The van der Waals surface area contributed by atoms with E-state index in [1.54, 1.807) is 0 Å². The highest BCUT2D eigenvalue weighted by Gasteiger charge is 2.17. The first-order valence-electron chi connectivity index (χ1n) is 7.62. The standard InChI is InChI=1S/C16H27N3/c1-3-9-19(12-15-5-4-8-17-11-15)13-16-7-6-14(2)10-18-16/h6-7,10,15,17H,3-5,8-9,11-13H2,1-2H3. The molecule has 0 radical (unpaired) electrons. The van der Waals surface area contributed by atoms with Crippen LogP contribution >= 0.6 is 0 Å². The van der Waals surface area contributed by atoms with Crippen LogP contribution in [0.3, 0.4) is 0 Å². The minimum Gasteiger partial charge on any atom is -0.316 e. The lowest BCUT2D eigenvalue weighted by molar-refractivity contribution is 0.199. The van der Waals surface area contributed by atoms with Crippen molar-refractivity contribution in [2.24, 2.45) is 5.92 Å². The topological polar surface area (TPSA) is 28.2 Å². The number of hydrogen-bond donors (Lipinski definition) is 1. The van der Waals surface area contributed by atoms with Crippen molar-refractivity contribution in [3.8, 4) is 0 Å². The molecule has 19 heavy (non-hydrogen) atoms. The highest BCUT2D eigenvalue weighted by atomic mass is 15.1. The quantitative estimate of drug-likeness (QED) is 0.853. The Morgan fingerprint density at radius 2 is 2.32 bits per heavy atom. The molecular formula is C16H27N3. The summed E-state index contributed by atoms with van der Waals surface area (Å²) in [4.78, 5) is 7.10. The minimum atomic E-state index is 0.811. The van der Waals surface area contributed by atoms with Gasteiger partial charge in [0.25, 0.3) is 0 Å². The van der Waals surface area contributed by atoms with Crippen LogP contribution in [0.15, 0.2) is 18.3 Å². The van der Waals surface area contributed by atoms with Gasteiger partial charge in [-0.25, -0.2) is 0 Å². The Bertz CT molecular complexity index is 355. The lowest BCUT2D eigenvalue weighted by Gasteiger charge is -2.29. The van der Waals surface area contributed by atoms with Gasteiger partial charge < -0.3 is 5.32 Å². The summed E-state index contributed by atoms with van der Waals surface area (Å²) in [7, 11) is 0. The molecule has 1 aromatic rings. The summed E-state index contributed by atoms with van der Waals surface area (Å²) >= 11 is 0. The third-order valence-corrected chi connectivity index (χ3v) is 3.81. The summed E-state index contributed by atoms with van der Waals surface area (Å²) in [6.45, 7) is 10.1. The highest BCUT2D eigenvalue weighted by Crippen LogP contribution is 2.14. The fraction of sp³-hybridized carbons (Fsp3) is 0.688.